The monoisotopic (exact) mass is 327 g/mol. The van der Waals surface area contributed by atoms with Gasteiger partial charge in [-0.25, -0.2) is 0 Å². The van der Waals surface area contributed by atoms with E-state index in [1.807, 2.05) is 59.4 Å². The molecule has 1 aromatic heterocycles. The molecule has 1 amide bonds. The fourth-order valence-corrected chi connectivity index (χ4v) is 3.08. The van der Waals surface area contributed by atoms with Crippen molar-refractivity contribution >= 4 is 39.5 Å². The van der Waals surface area contributed by atoms with Gasteiger partial charge >= 0.3 is 0 Å². The number of primary amides is 1. The highest BCUT2D eigenvalue weighted by atomic mass is 16.1. The SMILES string of the molecule is NC(=O)Cn1cc(C=Nc2ccc3ccccc3c2)c2ccccc21. The minimum atomic E-state index is -0.362. The van der Waals surface area contributed by atoms with Gasteiger partial charge in [0.2, 0.25) is 5.91 Å². The van der Waals surface area contributed by atoms with Crippen molar-refractivity contribution in [2.24, 2.45) is 10.7 Å². The van der Waals surface area contributed by atoms with Gasteiger partial charge < -0.3 is 10.3 Å². The van der Waals surface area contributed by atoms with E-state index >= 15 is 0 Å². The second-order valence-corrected chi connectivity index (χ2v) is 5.99. The van der Waals surface area contributed by atoms with Crippen molar-refractivity contribution in [3.05, 3.63) is 78.5 Å². The van der Waals surface area contributed by atoms with Crippen LogP contribution in [-0.4, -0.2) is 16.7 Å². The van der Waals surface area contributed by atoms with Gasteiger partial charge in [-0.2, -0.15) is 0 Å². The summed E-state index contributed by atoms with van der Waals surface area (Å²) in [6.07, 6.45) is 3.75. The summed E-state index contributed by atoms with van der Waals surface area (Å²) in [7, 11) is 0. The van der Waals surface area contributed by atoms with Crippen LogP contribution in [0.2, 0.25) is 0 Å². The van der Waals surface area contributed by atoms with E-state index in [0.29, 0.717) is 0 Å². The molecule has 0 atom stereocenters. The number of carbonyl (C=O) groups is 1. The number of nitrogens with two attached hydrogens (primary N) is 1. The molecule has 0 aliphatic carbocycles. The first-order valence-corrected chi connectivity index (χ1v) is 8.10. The van der Waals surface area contributed by atoms with Crippen LogP contribution in [0.1, 0.15) is 5.56 Å². The molecule has 0 saturated carbocycles. The highest BCUT2D eigenvalue weighted by Crippen LogP contribution is 2.23. The minimum Gasteiger partial charge on any atom is -0.368 e. The van der Waals surface area contributed by atoms with Gasteiger partial charge in [0, 0.05) is 28.9 Å². The molecule has 122 valence electrons. The zero-order valence-corrected chi connectivity index (χ0v) is 13.6. The normalized spacial score (nSPS) is 11.5. The topological polar surface area (TPSA) is 60.4 Å². The second kappa shape index (κ2) is 6.24. The van der Waals surface area contributed by atoms with E-state index in [1.54, 1.807) is 0 Å². The minimum absolute atomic E-state index is 0.157. The van der Waals surface area contributed by atoms with E-state index in [9.17, 15) is 4.79 Å². The highest BCUT2D eigenvalue weighted by Gasteiger charge is 2.08. The molecule has 0 unspecified atom stereocenters. The largest absolute Gasteiger partial charge is 0.368 e. The van der Waals surface area contributed by atoms with Crippen LogP contribution in [0.5, 0.6) is 0 Å². The van der Waals surface area contributed by atoms with Gasteiger partial charge in [0.05, 0.1) is 5.69 Å². The van der Waals surface area contributed by atoms with Crippen LogP contribution < -0.4 is 5.73 Å². The maximum atomic E-state index is 11.3. The predicted octanol–water partition coefficient (Wildman–Crippen LogP) is 4.03. The molecule has 2 N–H and O–H groups in total. The number of hydrogen-bond acceptors (Lipinski definition) is 2. The van der Waals surface area contributed by atoms with Gasteiger partial charge in [0.25, 0.3) is 0 Å². The van der Waals surface area contributed by atoms with Gasteiger partial charge in [-0.15, -0.1) is 0 Å². The van der Waals surface area contributed by atoms with Crippen molar-refractivity contribution in [2.45, 2.75) is 6.54 Å². The smallest absolute Gasteiger partial charge is 0.237 e. The lowest BCUT2D eigenvalue weighted by Gasteiger charge is -2.00. The van der Waals surface area contributed by atoms with Crippen LogP contribution in [0.4, 0.5) is 5.69 Å². The Morgan fingerprint density at radius 1 is 1.00 bits per heavy atom. The summed E-state index contributed by atoms with van der Waals surface area (Å²) in [5.41, 5.74) is 8.18. The Labute approximate surface area is 145 Å². The second-order valence-electron chi connectivity index (χ2n) is 5.99. The standard InChI is InChI=1S/C21H17N3O/c22-21(25)14-24-13-17(19-7-3-4-8-20(19)24)12-23-18-10-9-15-5-1-2-6-16(15)11-18/h1-13H,14H2,(H2,22,25). The quantitative estimate of drug-likeness (QED) is 0.565. The number of hydrogen-bond donors (Lipinski definition) is 1. The summed E-state index contributed by atoms with van der Waals surface area (Å²) < 4.78 is 1.86. The van der Waals surface area contributed by atoms with Gasteiger partial charge in [0.15, 0.2) is 0 Å². The first-order chi connectivity index (χ1) is 12.2. The number of para-hydroxylation sites is 1. The van der Waals surface area contributed by atoms with Crippen LogP contribution in [-0.2, 0) is 11.3 Å². The number of benzene rings is 3. The molecule has 1 heterocycles. The molecular weight excluding hydrogens is 310 g/mol. The molecule has 25 heavy (non-hydrogen) atoms. The highest BCUT2D eigenvalue weighted by molar-refractivity contribution is 6.00. The molecule has 4 rings (SSSR count). The molecule has 0 radical (unpaired) electrons. The van der Waals surface area contributed by atoms with E-state index in [4.69, 9.17) is 5.73 Å². The lowest BCUT2D eigenvalue weighted by molar-refractivity contribution is -0.118. The molecule has 4 aromatic rings. The summed E-state index contributed by atoms with van der Waals surface area (Å²) >= 11 is 0. The Hall–Kier alpha value is -3.40. The first-order valence-electron chi connectivity index (χ1n) is 8.10. The van der Waals surface area contributed by atoms with Crippen LogP contribution >= 0.6 is 0 Å². The number of aromatic nitrogens is 1. The van der Waals surface area contributed by atoms with Crippen molar-refractivity contribution in [1.29, 1.82) is 0 Å². The summed E-state index contributed by atoms with van der Waals surface area (Å²) in [5.74, 6) is -0.362. The van der Waals surface area contributed by atoms with Crippen LogP contribution in [0.3, 0.4) is 0 Å². The lowest BCUT2D eigenvalue weighted by atomic mass is 10.1. The maximum Gasteiger partial charge on any atom is 0.237 e. The molecule has 0 spiro atoms. The van der Waals surface area contributed by atoms with E-state index < -0.39 is 0 Å². The Kier molecular flexibility index (Phi) is 3.78. The Morgan fingerprint density at radius 2 is 1.76 bits per heavy atom. The Balaban J connectivity index is 1.73. The summed E-state index contributed by atoms with van der Waals surface area (Å²) in [6.45, 7) is 0.157. The molecule has 0 bridgehead atoms. The molecule has 3 aromatic carbocycles. The van der Waals surface area contributed by atoms with Crippen LogP contribution in [0.15, 0.2) is 77.9 Å². The number of nitrogens with zero attached hydrogens (tertiary/aromatic N) is 2. The van der Waals surface area contributed by atoms with Crippen molar-refractivity contribution in [3.8, 4) is 0 Å². The number of carbonyl (C=O) groups excluding carboxylic acids is 1. The molecule has 4 nitrogen and oxygen atoms in total. The summed E-state index contributed by atoms with van der Waals surface area (Å²) in [4.78, 5) is 15.9. The van der Waals surface area contributed by atoms with Crippen LogP contribution in [0, 0.1) is 0 Å². The third kappa shape index (κ3) is 3.02. The van der Waals surface area contributed by atoms with Gasteiger partial charge in [-0.05, 0) is 29.0 Å². The van der Waals surface area contributed by atoms with E-state index in [0.717, 1.165) is 27.5 Å². The Morgan fingerprint density at radius 3 is 2.60 bits per heavy atom. The van der Waals surface area contributed by atoms with E-state index in [-0.39, 0.29) is 12.5 Å². The predicted molar refractivity (Wildman–Crippen MR) is 102 cm³/mol. The first kappa shape index (κ1) is 15.1. The van der Waals surface area contributed by atoms with Gasteiger partial charge in [-0.3, -0.25) is 9.79 Å². The third-order valence-electron chi connectivity index (χ3n) is 4.23. The summed E-state index contributed by atoms with van der Waals surface area (Å²) in [6, 6.07) is 22.3. The van der Waals surface area contributed by atoms with Crippen molar-refractivity contribution in [2.75, 3.05) is 0 Å². The molecule has 0 aliphatic rings. The number of aliphatic imine (C=N–C) groups is 1. The van der Waals surface area contributed by atoms with Crippen molar-refractivity contribution in [1.82, 2.24) is 4.57 Å². The number of amides is 1. The Bertz CT molecular complexity index is 1110. The molecule has 4 heteroatoms. The summed E-state index contributed by atoms with van der Waals surface area (Å²) in [5, 5.41) is 3.40. The zero-order chi connectivity index (χ0) is 17.2. The van der Waals surface area contributed by atoms with Crippen LogP contribution in [0.25, 0.3) is 21.7 Å². The number of rotatable bonds is 4. The fourth-order valence-electron chi connectivity index (χ4n) is 3.08. The van der Waals surface area contributed by atoms with Crippen molar-refractivity contribution in [3.63, 3.8) is 0 Å². The van der Waals surface area contributed by atoms with Crippen molar-refractivity contribution < 1.29 is 4.79 Å². The van der Waals surface area contributed by atoms with E-state index in [2.05, 4.69) is 29.3 Å². The van der Waals surface area contributed by atoms with Gasteiger partial charge in [-0.1, -0.05) is 48.5 Å². The van der Waals surface area contributed by atoms with E-state index in [1.165, 1.54) is 5.39 Å². The average Bonchev–Trinajstić information content (AvgIpc) is 2.97. The molecule has 0 aliphatic heterocycles. The maximum absolute atomic E-state index is 11.3. The zero-order valence-electron chi connectivity index (χ0n) is 13.6. The van der Waals surface area contributed by atoms with Gasteiger partial charge in [0.1, 0.15) is 6.54 Å². The average molecular weight is 327 g/mol. The third-order valence-corrected chi connectivity index (χ3v) is 4.23. The molecular formula is C21H17N3O. The number of fused-ring (bicyclic) bond motifs is 2. The molecule has 0 fully saturated rings. The fraction of sp³-hybridized carbons (Fsp3) is 0.0476. The lowest BCUT2D eigenvalue weighted by Crippen LogP contribution is -2.17. The molecule has 0 saturated heterocycles.